The van der Waals surface area contributed by atoms with E-state index in [0.29, 0.717) is 23.8 Å². The third-order valence-electron chi connectivity index (χ3n) is 3.02. The van der Waals surface area contributed by atoms with Gasteiger partial charge < -0.3 is 4.90 Å². The fraction of sp³-hybridized carbons (Fsp3) is 0.600. The predicted octanol–water partition coefficient (Wildman–Crippen LogP) is 2.00. The van der Waals surface area contributed by atoms with Crippen LogP contribution in [0.5, 0.6) is 0 Å². The first-order valence-corrected chi connectivity index (χ1v) is 6.24. The molecule has 2 rings (SSSR count). The van der Waals surface area contributed by atoms with Gasteiger partial charge in [0, 0.05) is 25.9 Å². The number of hydrogen-bond donors (Lipinski definition) is 0. The molecule has 17 heavy (non-hydrogen) atoms. The van der Waals surface area contributed by atoms with E-state index in [2.05, 4.69) is 4.98 Å². The number of Topliss-reactive ketones (excluding diaryl/α,β-unsaturated/α-hetero) is 1. The van der Waals surface area contributed by atoms with Gasteiger partial charge in [-0.05, 0) is 24.2 Å². The van der Waals surface area contributed by atoms with Gasteiger partial charge in [-0.1, -0.05) is 0 Å². The van der Waals surface area contributed by atoms with Crippen molar-refractivity contribution in [2.75, 3.05) is 11.9 Å². The quantitative estimate of drug-likeness (QED) is 0.610. The molecule has 0 N–H and O–H groups in total. The van der Waals surface area contributed by atoms with Crippen LogP contribution in [-0.4, -0.2) is 28.8 Å². The van der Waals surface area contributed by atoms with Crippen LogP contribution in [0.2, 0.25) is 0 Å². The number of thiazole rings is 1. The van der Waals surface area contributed by atoms with E-state index >= 15 is 0 Å². The predicted molar refractivity (Wildman–Crippen MR) is 64.4 cm³/mol. The summed E-state index contributed by atoms with van der Waals surface area (Å²) in [5.74, 6) is 0.305. The smallest absolute Gasteiger partial charge is 0.345 e. The monoisotopic (exact) mass is 255 g/mol. The second-order valence-corrected chi connectivity index (χ2v) is 5.11. The Bertz CT molecular complexity index is 436. The molecule has 1 saturated carbocycles. The number of ketones is 1. The number of carbonyl (C=O) groups is 1. The second-order valence-electron chi connectivity index (χ2n) is 4.12. The van der Waals surface area contributed by atoms with E-state index in [0.717, 1.165) is 24.2 Å². The molecule has 92 valence electrons. The molecule has 1 fully saturated rings. The van der Waals surface area contributed by atoms with E-state index in [1.165, 1.54) is 6.20 Å². The van der Waals surface area contributed by atoms with Gasteiger partial charge in [0.2, 0.25) is 0 Å². The minimum atomic E-state index is -0.431. The van der Waals surface area contributed by atoms with Crippen molar-refractivity contribution in [1.29, 1.82) is 0 Å². The Morgan fingerprint density at radius 2 is 2.18 bits per heavy atom. The molecule has 0 radical (unpaired) electrons. The maximum atomic E-state index is 11.1. The summed E-state index contributed by atoms with van der Waals surface area (Å²) >= 11 is 1.07. The zero-order valence-electron chi connectivity index (χ0n) is 9.46. The maximum Gasteiger partial charge on any atom is 0.345 e. The third kappa shape index (κ3) is 2.60. The molecule has 7 heteroatoms. The third-order valence-corrected chi connectivity index (χ3v) is 4.06. The van der Waals surface area contributed by atoms with Crippen LogP contribution in [0.25, 0.3) is 0 Å². The van der Waals surface area contributed by atoms with Crippen LogP contribution < -0.4 is 4.90 Å². The highest BCUT2D eigenvalue weighted by Crippen LogP contribution is 2.31. The molecule has 0 amide bonds. The molecule has 1 aromatic rings. The van der Waals surface area contributed by atoms with Crippen molar-refractivity contribution in [3.05, 3.63) is 16.3 Å². The number of aromatic nitrogens is 1. The van der Waals surface area contributed by atoms with Gasteiger partial charge >= 0.3 is 5.00 Å². The summed E-state index contributed by atoms with van der Waals surface area (Å²) in [6, 6.07) is 0.262. The number of anilines is 1. The zero-order chi connectivity index (χ0) is 12.4. The van der Waals surface area contributed by atoms with Crippen molar-refractivity contribution in [2.24, 2.45) is 0 Å². The van der Waals surface area contributed by atoms with Crippen molar-refractivity contribution in [3.63, 3.8) is 0 Å². The molecule has 0 saturated heterocycles. The lowest BCUT2D eigenvalue weighted by Gasteiger charge is -2.30. The molecule has 0 atom stereocenters. The van der Waals surface area contributed by atoms with Crippen molar-refractivity contribution in [3.8, 4) is 0 Å². The van der Waals surface area contributed by atoms with Gasteiger partial charge in [-0.2, -0.15) is 0 Å². The summed E-state index contributed by atoms with van der Waals surface area (Å²) in [6.07, 6.45) is 4.10. The summed E-state index contributed by atoms with van der Waals surface area (Å²) in [6.45, 7) is 0. The van der Waals surface area contributed by atoms with Crippen LogP contribution >= 0.6 is 11.3 Å². The van der Waals surface area contributed by atoms with Crippen LogP contribution in [0.15, 0.2) is 6.20 Å². The number of rotatable bonds is 3. The Morgan fingerprint density at radius 3 is 2.71 bits per heavy atom. The Morgan fingerprint density at radius 1 is 1.53 bits per heavy atom. The lowest BCUT2D eigenvalue weighted by Crippen LogP contribution is -2.35. The van der Waals surface area contributed by atoms with Gasteiger partial charge in [0.15, 0.2) is 5.13 Å². The van der Waals surface area contributed by atoms with E-state index < -0.39 is 4.92 Å². The van der Waals surface area contributed by atoms with Gasteiger partial charge in [-0.15, -0.1) is 0 Å². The first-order chi connectivity index (χ1) is 8.08. The van der Waals surface area contributed by atoms with Gasteiger partial charge in [0.25, 0.3) is 0 Å². The fourth-order valence-corrected chi connectivity index (χ4v) is 2.74. The summed E-state index contributed by atoms with van der Waals surface area (Å²) in [7, 11) is 1.88. The number of carbonyl (C=O) groups excluding carboxylic acids is 1. The van der Waals surface area contributed by atoms with E-state index in [1.54, 1.807) is 0 Å². The fourth-order valence-electron chi connectivity index (χ4n) is 1.97. The first-order valence-electron chi connectivity index (χ1n) is 5.42. The number of nitro groups is 1. The first kappa shape index (κ1) is 12.0. The number of nitrogens with zero attached hydrogens (tertiary/aromatic N) is 3. The van der Waals surface area contributed by atoms with Crippen molar-refractivity contribution in [2.45, 2.75) is 31.7 Å². The Balaban J connectivity index is 2.05. The second kappa shape index (κ2) is 4.79. The summed E-state index contributed by atoms with van der Waals surface area (Å²) < 4.78 is 0. The van der Waals surface area contributed by atoms with Gasteiger partial charge in [0.1, 0.15) is 12.0 Å². The highest BCUT2D eigenvalue weighted by atomic mass is 32.1. The molecule has 1 aliphatic carbocycles. The Kier molecular flexibility index (Phi) is 3.37. The minimum absolute atomic E-state index is 0.0544. The molecule has 0 aliphatic heterocycles. The molecule has 0 aromatic carbocycles. The molecule has 0 bridgehead atoms. The molecule has 0 unspecified atom stereocenters. The average molecular weight is 255 g/mol. The average Bonchev–Trinajstić information content (AvgIpc) is 2.78. The minimum Gasteiger partial charge on any atom is -0.348 e. The van der Waals surface area contributed by atoms with E-state index in [9.17, 15) is 14.9 Å². The number of hydrogen-bond acceptors (Lipinski definition) is 6. The van der Waals surface area contributed by atoms with Crippen LogP contribution in [0.3, 0.4) is 0 Å². The Labute approximate surface area is 102 Å². The molecule has 0 spiro atoms. The van der Waals surface area contributed by atoms with E-state index in [1.807, 2.05) is 11.9 Å². The summed E-state index contributed by atoms with van der Waals surface area (Å²) in [5, 5.41) is 11.3. The maximum absolute atomic E-state index is 11.1. The van der Waals surface area contributed by atoms with Crippen LogP contribution in [0.1, 0.15) is 25.7 Å². The van der Waals surface area contributed by atoms with Crippen LogP contribution in [0, 0.1) is 10.1 Å². The molecular formula is C10H13N3O3S. The van der Waals surface area contributed by atoms with Crippen molar-refractivity contribution < 1.29 is 9.72 Å². The summed E-state index contributed by atoms with van der Waals surface area (Å²) in [4.78, 5) is 27.3. The highest BCUT2D eigenvalue weighted by Gasteiger charge is 2.25. The van der Waals surface area contributed by atoms with E-state index in [-0.39, 0.29) is 11.0 Å². The van der Waals surface area contributed by atoms with Crippen molar-refractivity contribution in [1.82, 2.24) is 4.98 Å². The van der Waals surface area contributed by atoms with Gasteiger partial charge in [0.05, 0.1) is 4.92 Å². The standard InChI is InChI=1S/C10H13N3O3S/c1-12(7-2-4-8(14)5-3-7)10-11-6-9(17-10)13(15)16/h6-7H,2-5H2,1H3. The van der Waals surface area contributed by atoms with Crippen molar-refractivity contribution >= 4 is 27.3 Å². The molecule has 6 nitrogen and oxygen atoms in total. The zero-order valence-corrected chi connectivity index (χ0v) is 10.3. The Hall–Kier alpha value is -1.50. The summed E-state index contributed by atoms with van der Waals surface area (Å²) in [5.41, 5.74) is 0. The topological polar surface area (TPSA) is 76.3 Å². The van der Waals surface area contributed by atoms with E-state index in [4.69, 9.17) is 0 Å². The lowest BCUT2D eigenvalue weighted by atomic mass is 9.94. The molecule has 1 aliphatic rings. The highest BCUT2D eigenvalue weighted by molar-refractivity contribution is 7.18. The molecule has 1 heterocycles. The SMILES string of the molecule is CN(c1ncc([N+](=O)[O-])s1)C1CCC(=O)CC1. The van der Waals surface area contributed by atoms with Crippen LogP contribution in [0.4, 0.5) is 10.1 Å². The normalized spacial score (nSPS) is 17.1. The molecule has 1 aromatic heterocycles. The van der Waals surface area contributed by atoms with Gasteiger partial charge in [-0.25, -0.2) is 4.98 Å². The lowest BCUT2D eigenvalue weighted by molar-refractivity contribution is -0.380. The van der Waals surface area contributed by atoms with Crippen LogP contribution in [-0.2, 0) is 4.79 Å². The van der Waals surface area contributed by atoms with Gasteiger partial charge in [-0.3, -0.25) is 14.9 Å². The molecular weight excluding hydrogens is 242 g/mol. The largest absolute Gasteiger partial charge is 0.348 e.